The van der Waals surface area contributed by atoms with Gasteiger partial charge in [-0.05, 0) is 88.2 Å². The van der Waals surface area contributed by atoms with Gasteiger partial charge in [0.1, 0.15) is 5.75 Å². The molecule has 0 atom stereocenters. The van der Waals surface area contributed by atoms with Gasteiger partial charge in [0.15, 0.2) is 0 Å². The first kappa shape index (κ1) is 28.8. The summed E-state index contributed by atoms with van der Waals surface area (Å²) in [7, 11) is -0.495. The largest absolute Gasteiger partial charge is 0.497 e. The van der Waals surface area contributed by atoms with Crippen molar-refractivity contribution in [1.82, 2.24) is 19.4 Å². The van der Waals surface area contributed by atoms with E-state index in [2.05, 4.69) is 10.2 Å². The molecule has 4 rings (SSSR count). The van der Waals surface area contributed by atoms with Crippen LogP contribution >= 0.6 is 0 Å². The summed E-state index contributed by atoms with van der Waals surface area (Å²) in [6.07, 6.45) is 6.91. The monoisotopic (exact) mass is 550 g/mol. The number of fused-ring (bicyclic) bond motifs is 1. The third kappa shape index (κ3) is 6.86. The molecule has 38 heavy (non-hydrogen) atoms. The molecule has 2 fully saturated rings. The number of sulfonamides is 1. The minimum Gasteiger partial charge on any atom is -0.497 e. The van der Waals surface area contributed by atoms with Crippen molar-refractivity contribution in [3.8, 4) is 5.75 Å². The first-order valence-electron chi connectivity index (χ1n) is 13.7. The molecular weight excluding hydrogens is 508 g/mol. The van der Waals surface area contributed by atoms with E-state index in [0.29, 0.717) is 23.3 Å². The maximum absolute atomic E-state index is 13.2. The predicted molar refractivity (Wildman–Crippen MR) is 144 cm³/mol. The molecule has 2 heterocycles. The van der Waals surface area contributed by atoms with Crippen LogP contribution in [0.3, 0.4) is 0 Å². The number of nitrogens with zero attached hydrogens (tertiary/aromatic N) is 3. The third-order valence-electron chi connectivity index (χ3n) is 8.09. The second-order valence-electron chi connectivity index (χ2n) is 10.7. The van der Waals surface area contributed by atoms with Gasteiger partial charge in [-0.15, -0.1) is 0 Å². The standard InChI is InChI=1S/C27H42N4O6S/c1-20-16-24(36-3)17-21-10-13-31(38(34,35)27(20)21)19-25(32)28-18-26(33)29(2)22-6-8-23(9-7-22)37-15-14-30-11-4-5-12-30/h16-17,22-23H,4-15,18-19H2,1-3H3,(H,28,32). The minimum absolute atomic E-state index is 0.122. The van der Waals surface area contributed by atoms with Crippen LogP contribution in [-0.2, 0) is 30.8 Å². The van der Waals surface area contributed by atoms with Crippen LogP contribution in [0.15, 0.2) is 17.0 Å². The smallest absolute Gasteiger partial charge is 0.244 e. The zero-order valence-electron chi connectivity index (χ0n) is 22.9. The molecule has 1 aliphatic carbocycles. The Morgan fingerprint density at radius 1 is 1.11 bits per heavy atom. The highest BCUT2D eigenvalue weighted by molar-refractivity contribution is 7.89. The summed E-state index contributed by atoms with van der Waals surface area (Å²) in [5, 5.41) is 2.62. The summed E-state index contributed by atoms with van der Waals surface area (Å²) in [6.45, 7) is 5.58. The Bertz CT molecular complexity index is 1100. The molecule has 2 amide bonds. The number of likely N-dealkylation sites (N-methyl/N-ethyl adjacent to an activating group) is 1. The average Bonchev–Trinajstić information content (AvgIpc) is 3.42. The van der Waals surface area contributed by atoms with E-state index >= 15 is 0 Å². The number of hydrogen-bond donors (Lipinski definition) is 1. The topological polar surface area (TPSA) is 108 Å². The summed E-state index contributed by atoms with van der Waals surface area (Å²) >= 11 is 0. The molecule has 212 valence electrons. The Hall–Kier alpha value is -2.21. The van der Waals surface area contributed by atoms with Gasteiger partial charge >= 0.3 is 0 Å². The number of rotatable bonds is 10. The van der Waals surface area contributed by atoms with Crippen molar-refractivity contribution in [3.63, 3.8) is 0 Å². The number of nitrogens with one attached hydrogen (secondary N) is 1. The zero-order chi connectivity index (χ0) is 27.3. The van der Waals surface area contributed by atoms with Crippen molar-refractivity contribution in [2.45, 2.75) is 68.9 Å². The quantitative estimate of drug-likeness (QED) is 0.471. The Labute approximate surface area is 226 Å². The van der Waals surface area contributed by atoms with Crippen LogP contribution < -0.4 is 10.1 Å². The van der Waals surface area contributed by atoms with Crippen molar-refractivity contribution in [3.05, 3.63) is 23.3 Å². The summed E-state index contributed by atoms with van der Waals surface area (Å²) < 4.78 is 38.9. The minimum atomic E-state index is -3.82. The fourth-order valence-corrected chi connectivity index (χ4v) is 7.65. The highest BCUT2D eigenvalue weighted by atomic mass is 32.2. The first-order chi connectivity index (χ1) is 18.2. The molecule has 1 aromatic rings. The van der Waals surface area contributed by atoms with Crippen molar-refractivity contribution in [2.75, 3.05) is 60.0 Å². The van der Waals surface area contributed by atoms with Gasteiger partial charge < -0.3 is 24.6 Å². The number of ether oxygens (including phenoxy) is 2. The van der Waals surface area contributed by atoms with Crippen LogP contribution in [0.4, 0.5) is 0 Å². The van der Waals surface area contributed by atoms with Crippen LogP contribution in [0, 0.1) is 6.92 Å². The predicted octanol–water partition coefficient (Wildman–Crippen LogP) is 1.55. The van der Waals surface area contributed by atoms with E-state index < -0.39 is 15.9 Å². The van der Waals surface area contributed by atoms with Crippen LogP contribution in [0.5, 0.6) is 5.75 Å². The van der Waals surface area contributed by atoms with Crippen molar-refractivity contribution in [1.29, 1.82) is 0 Å². The maximum Gasteiger partial charge on any atom is 0.244 e. The number of likely N-dealkylation sites (tertiary alicyclic amines) is 1. The second-order valence-corrected chi connectivity index (χ2v) is 12.5. The number of amides is 2. The van der Waals surface area contributed by atoms with E-state index in [-0.39, 0.29) is 42.6 Å². The fourth-order valence-electron chi connectivity index (χ4n) is 5.81. The van der Waals surface area contributed by atoms with Crippen LogP contribution in [0.1, 0.15) is 49.7 Å². The molecule has 0 spiro atoms. The molecule has 0 bridgehead atoms. The van der Waals surface area contributed by atoms with E-state index in [9.17, 15) is 18.0 Å². The molecule has 0 aromatic heterocycles. The van der Waals surface area contributed by atoms with Crippen LogP contribution in [0.25, 0.3) is 0 Å². The van der Waals surface area contributed by atoms with Crippen LogP contribution in [-0.4, -0.2) is 107 Å². The molecule has 2 aliphatic heterocycles. The molecule has 1 saturated carbocycles. The van der Waals surface area contributed by atoms with Gasteiger partial charge in [-0.2, -0.15) is 4.31 Å². The second kappa shape index (κ2) is 12.8. The molecule has 1 aromatic carbocycles. The molecule has 1 saturated heterocycles. The lowest BCUT2D eigenvalue weighted by molar-refractivity contribution is -0.134. The van der Waals surface area contributed by atoms with Crippen LogP contribution in [0.2, 0.25) is 0 Å². The molecule has 11 heteroatoms. The molecule has 10 nitrogen and oxygen atoms in total. The van der Waals surface area contributed by atoms with Gasteiger partial charge in [-0.1, -0.05) is 0 Å². The lowest BCUT2D eigenvalue weighted by atomic mass is 9.92. The highest BCUT2D eigenvalue weighted by Crippen LogP contribution is 2.32. The Morgan fingerprint density at radius 2 is 1.82 bits per heavy atom. The van der Waals surface area contributed by atoms with Gasteiger partial charge in [0.25, 0.3) is 0 Å². The van der Waals surface area contributed by atoms with Gasteiger partial charge in [0.05, 0.1) is 37.8 Å². The molecular formula is C27H42N4O6S. The van der Waals surface area contributed by atoms with E-state index in [4.69, 9.17) is 9.47 Å². The lowest BCUT2D eigenvalue weighted by Crippen LogP contribution is -2.48. The third-order valence-corrected chi connectivity index (χ3v) is 10.2. The van der Waals surface area contributed by atoms with E-state index in [1.165, 1.54) is 30.2 Å². The number of aryl methyl sites for hydroxylation is 1. The van der Waals surface area contributed by atoms with Gasteiger partial charge in [-0.3, -0.25) is 9.59 Å². The van der Waals surface area contributed by atoms with Crippen molar-refractivity contribution < 1.29 is 27.5 Å². The zero-order valence-corrected chi connectivity index (χ0v) is 23.7. The van der Waals surface area contributed by atoms with Gasteiger partial charge in [0, 0.05) is 26.2 Å². The number of methoxy groups -OCH3 is 1. The summed E-state index contributed by atoms with van der Waals surface area (Å²) in [5.41, 5.74) is 1.29. The number of carbonyl (C=O) groups is 2. The summed E-state index contributed by atoms with van der Waals surface area (Å²) in [4.78, 5) is 29.8. The first-order valence-corrected chi connectivity index (χ1v) is 15.2. The maximum atomic E-state index is 13.2. The van der Waals surface area contributed by atoms with Gasteiger partial charge in [0.2, 0.25) is 21.8 Å². The molecule has 0 unspecified atom stereocenters. The number of hydrogen-bond acceptors (Lipinski definition) is 7. The highest BCUT2D eigenvalue weighted by Gasteiger charge is 2.35. The Morgan fingerprint density at radius 3 is 2.50 bits per heavy atom. The summed E-state index contributed by atoms with van der Waals surface area (Å²) in [6, 6.07) is 3.54. The van der Waals surface area contributed by atoms with E-state index in [1.54, 1.807) is 38.1 Å². The average molecular weight is 551 g/mol. The Balaban J connectivity index is 1.20. The normalized spacial score (nSPS) is 23.6. The van der Waals surface area contributed by atoms with Crippen molar-refractivity contribution in [2.24, 2.45) is 0 Å². The fraction of sp³-hybridized carbons (Fsp3) is 0.704. The number of benzene rings is 1. The van der Waals surface area contributed by atoms with Gasteiger partial charge in [-0.25, -0.2) is 8.42 Å². The molecule has 1 N–H and O–H groups in total. The van der Waals surface area contributed by atoms with E-state index in [0.717, 1.165) is 38.8 Å². The lowest BCUT2D eigenvalue weighted by Gasteiger charge is -2.35. The molecule has 0 radical (unpaired) electrons. The number of carbonyl (C=O) groups excluding carboxylic acids is 2. The van der Waals surface area contributed by atoms with Crippen molar-refractivity contribution >= 4 is 21.8 Å². The summed E-state index contributed by atoms with van der Waals surface area (Å²) in [5.74, 6) is -0.0459. The molecule has 3 aliphatic rings. The Kier molecular flexibility index (Phi) is 9.67. The SMILES string of the molecule is COc1cc(C)c2c(c1)CCN(CC(=O)NCC(=O)N(C)C1CCC(OCCN3CCCC3)CC1)S2(=O)=O. The van der Waals surface area contributed by atoms with E-state index in [1.807, 2.05) is 0 Å².